The number of aromatic nitrogens is 2. The van der Waals surface area contributed by atoms with Crippen LogP contribution in [0.2, 0.25) is 0 Å². The standard InChI is InChI=1S/C23H31N5O2/c1-5-20-16(3)22(26-23-24-9-8-15(2)25-23)19-14-18(27-10-12-30-13-11-27)6-7-21(19)28(20)17(4)29/h6-9,14,16,20,22H,5,10-13H2,1-4H3,(H,24,25,26)/t16-,20-,22+/m0/s1. The summed E-state index contributed by atoms with van der Waals surface area (Å²) in [6, 6.07) is 8.48. The van der Waals surface area contributed by atoms with Gasteiger partial charge in [0, 0.05) is 60.8 Å². The summed E-state index contributed by atoms with van der Waals surface area (Å²) in [4.78, 5) is 25.9. The van der Waals surface area contributed by atoms with E-state index < -0.39 is 0 Å². The summed E-state index contributed by atoms with van der Waals surface area (Å²) in [5.74, 6) is 0.912. The Hall–Kier alpha value is -2.67. The summed E-state index contributed by atoms with van der Waals surface area (Å²) in [5, 5.41) is 3.58. The van der Waals surface area contributed by atoms with Crippen LogP contribution in [0.4, 0.5) is 17.3 Å². The summed E-state index contributed by atoms with van der Waals surface area (Å²) in [6.07, 6.45) is 2.67. The third kappa shape index (κ3) is 3.86. The van der Waals surface area contributed by atoms with Crippen molar-refractivity contribution in [3.63, 3.8) is 0 Å². The van der Waals surface area contributed by atoms with Gasteiger partial charge in [-0.2, -0.15) is 0 Å². The van der Waals surface area contributed by atoms with Gasteiger partial charge in [0.05, 0.1) is 19.3 Å². The molecule has 0 radical (unpaired) electrons. The van der Waals surface area contributed by atoms with Gasteiger partial charge in [-0.15, -0.1) is 0 Å². The molecule has 160 valence electrons. The molecule has 1 aromatic heterocycles. The molecule has 0 aliphatic carbocycles. The second-order valence-corrected chi connectivity index (χ2v) is 8.21. The summed E-state index contributed by atoms with van der Waals surface area (Å²) >= 11 is 0. The van der Waals surface area contributed by atoms with Gasteiger partial charge in [0.1, 0.15) is 0 Å². The zero-order valence-electron chi connectivity index (χ0n) is 18.3. The number of anilines is 3. The fourth-order valence-electron chi connectivity index (χ4n) is 4.77. The highest BCUT2D eigenvalue weighted by molar-refractivity contribution is 5.94. The summed E-state index contributed by atoms with van der Waals surface area (Å²) in [5.41, 5.74) is 4.20. The highest BCUT2D eigenvalue weighted by atomic mass is 16.5. The van der Waals surface area contributed by atoms with Crippen LogP contribution in [-0.4, -0.2) is 48.2 Å². The first-order valence-electron chi connectivity index (χ1n) is 10.8. The molecule has 0 spiro atoms. The van der Waals surface area contributed by atoms with Crippen molar-refractivity contribution in [1.82, 2.24) is 9.97 Å². The Balaban J connectivity index is 1.78. The number of carbonyl (C=O) groups is 1. The number of hydrogen-bond acceptors (Lipinski definition) is 6. The average molecular weight is 410 g/mol. The number of nitrogens with one attached hydrogen (secondary N) is 1. The van der Waals surface area contributed by atoms with Crippen LogP contribution in [0.1, 0.15) is 44.5 Å². The first kappa shape index (κ1) is 20.6. The van der Waals surface area contributed by atoms with Gasteiger partial charge < -0.3 is 19.9 Å². The third-order valence-corrected chi connectivity index (χ3v) is 6.28. The van der Waals surface area contributed by atoms with Crippen molar-refractivity contribution in [1.29, 1.82) is 0 Å². The first-order chi connectivity index (χ1) is 14.5. The van der Waals surface area contributed by atoms with E-state index in [9.17, 15) is 4.79 Å². The van der Waals surface area contributed by atoms with E-state index in [1.807, 2.05) is 17.9 Å². The molecule has 4 rings (SSSR count). The number of hydrogen-bond donors (Lipinski definition) is 1. The molecule has 2 aliphatic rings. The van der Waals surface area contributed by atoms with Crippen molar-refractivity contribution in [2.75, 3.05) is 41.4 Å². The number of morpholine rings is 1. The van der Waals surface area contributed by atoms with Crippen molar-refractivity contribution in [3.8, 4) is 0 Å². The van der Waals surface area contributed by atoms with Gasteiger partial charge in [0.2, 0.25) is 11.9 Å². The predicted molar refractivity (Wildman–Crippen MR) is 119 cm³/mol. The van der Waals surface area contributed by atoms with Crippen molar-refractivity contribution in [2.45, 2.75) is 46.2 Å². The zero-order chi connectivity index (χ0) is 21.3. The lowest BCUT2D eigenvalue weighted by molar-refractivity contribution is -0.117. The number of rotatable bonds is 4. The zero-order valence-corrected chi connectivity index (χ0v) is 18.3. The summed E-state index contributed by atoms with van der Waals surface area (Å²) in [7, 11) is 0. The highest BCUT2D eigenvalue weighted by Gasteiger charge is 2.40. The van der Waals surface area contributed by atoms with E-state index in [1.54, 1.807) is 13.1 Å². The molecule has 7 nitrogen and oxygen atoms in total. The summed E-state index contributed by atoms with van der Waals surface area (Å²) in [6.45, 7) is 11.2. The third-order valence-electron chi connectivity index (χ3n) is 6.28. The Morgan fingerprint density at radius 1 is 1.27 bits per heavy atom. The number of nitrogens with zero attached hydrogens (tertiary/aromatic N) is 4. The lowest BCUT2D eigenvalue weighted by Gasteiger charge is -2.45. The molecule has 3 heterocycles. The SMILES string of the molecule is CC[C@H]1[C@H](C)[C@@H](Nc2nccc(C)n2)c2cc(N3CCOCC3)ccc2N1C(C)=O. The van der Waals surface area contributed by atoms with Crippen molar-refractivity contribution >= 4 is 23.2 Å². The Bertz CT molecular complexity index is 912. The lowest BCUT2D eigenvalue weighted by Crippen LogP contribution is -2.50. The molecule has 3 atom stereocenters. The van der Waals surface area contributed by atoms with Crippen LogP contribution in [0.3, 0.4) is 0 Å². The normalized spacial score (nSPS) is 23.8. The fraction of sp³-hybridized carbons (Fsp3) is 0.522. The second-order valence-electron chi connectivity index (χ2n) is 8.21. The Morgan fingerprint density at radius 2 is 2.03 bits per heavy atom. The molecule has 1 aromatic carbocycles. The van der Waals surface area contributed by atoms with E-state index in [0.29, 0.717) is 5.95 Å². The number of ether oxygens (including phenoxy) is 1. The van der Waals surface area contributed by atoms with Gasteiger partial charge in [-0.05, 0) is 37.6 Å². The number of benzene rings is 1. The highest BCUT2D eigenvalue weighted by Crippen LogP contribution is 2.44. The molecule has 30 heavy (non-hydrogen) atoms. The minimum Gasteiger partial charge on any atom is -0.378 e. The maximum Gasteiger partial charge on any atom is 0.224 e. The molecule has 1 amide bonds. The molecule has 0 unspecified atom stereocenters. The average Bonchev–Trinajstić information content (AvgIpc) is 2.75. The number of aryl methyl sites for hydroxylation is 1. The van der Waals surface area contributed by atoms with Gasteiger partial charge in [-0.25, -0.2) is 9.97 Å². The maximum absolute atomic E-state index is 12.6. The van der Waals surface area contributed by atoms with Crippen LogP contribution in [0.25, 0.3) is 0 Å². The minimum absolute atomic E-state index is 0.0170. The summed E-state index contributed by atoms with van der Waals surface area (Å²) < 4.78 is 5.52. The lowest BCUT2D eigenvalue weighted by atomic mass is 9.80. The van der Waals surface area contributed by atoms with Crippen LogP contribution in [0.5, 0.6) is 0 Å². The smallest absolute Gasteiger partial charge is 0.224 e. The molecular formula is C23H31N5O2. The van der Waals surface area contributed by atoms with Crippen molar-refractivity contribution in [3.05, 3.63) is 41.7 Å². The molecule has 1 N–H and O–H groups in total. The van der Waals surface area contributed by atoms with E-state index >= 15 is 0 Å². The minimum atomic E-state index is 0.0170. The van der Waals surface area contributed by atoms with Crippen LogP contribution < -0.4 is 15.1 Å². The van der Waals surface area contributed by atoms with Crippen LogP contribution in [0, 0.1) is 12.8 Å². The molecular weight excluding hydrogens is 378 g/mol. The second kappa shape index (κ2) is 8.60. The molecule has 7 heteroatoms. The van der Waals surface area contributed by atoms with Crippen molar-refractivity contribution in [2.24, 2.45) is 5.92 Å². The Labute approximate surface area is 178 Å². The molecule has 2 aromatic rings. The number of amides is 1. The number of fused-ring (bicyclic) bond motifs is 1. The van der Waals surface area contributed by atoms with Gasteiger partial charge in [0.25, 0.3) is 0 Å². The molecule has 0 saturated carbocycles. The van der Waals surface area contributed by atoms with E-state index in [4.69, 9.17) is 4.74 Å². The number of carbonyl (C=O) groups excluding carboxylic acids is 1. The Kier molecular flexibility index (Phi) is 5.90. The molecule has 2 aliphatic heterocycles. The maximum atomic E-state index is 12.6. The van der Waals surface area contributed by atoms with E-state index in [-0.39, 0.29) is 23.9 Å². The molecule has 1 fully saturated rings. The van der Waals surface area contributed by atoms with E-state index in [1.165, 1.54) is 5.69 Å². The van der Waals surface area contributed by atoms with E-state index in [0.717, 1.165) is 49.7 Å². The van der Waals surface area contributed by atoms with Gasteiger partial charge in [-0.1, -0.05) is 13.8 Å². The van der Waals surface area contributed by atoms with Gasteiger partial charge in [0.15, 0.2) is 0 Å². The fourth-order valence-corrected chi connectivity index (χ4v) is 4.77. The molecule has 1 saturated heterocycles. The predicted octanol–water partition coefficient (Wildman–Crippen LogP) is 3.56. The molecule has 0 bridgehead atoms. The monoisotopic (exact) mass is 409 g/mol. The Morgan fingerprint density at radius 3 is 2.70 bits per heavy atom. The van der Waals surface area contributed by atoms with Crippen LogP contribution in [-0.2, 0) is 9.53 Å². The van der Waals surface area contributed by atoms with Crippen molar-refractivity contribution < 1.29 is 9.53 Å². The first-order valence-corrected chi connectivity index (χ1v) is 10.8. The van der Waals surface area contributed by atoms with Gasteiger partial charge in [-0.3, -0.25) is 4.79 Å². The van der Waals surface area contributed by atoms with E-state index in [2.05, 4.69) is 52.2 Å². The topological polar surface area (TPSA) is 70.6 Å². The van der Waals surface area contributed by atoms with Crippen LogP contribution in [0.15, 0.2) is 30.5 Å². The quantitative estimate of drug-likeness (QED) is 0.833. The van der Waals surface area contributed by atoms with Crippen LogP contribution >= 0.6 is 0 Å². The largest absolute Gasteiger partial charge is 0.378 e. The van der Waals surface area contributed by atoms with Gasteiger partial charge >= 0.3 is 0 Å².